The van der Waals surface area contributed by atoms with Gasteiger partial charge in [0.2, 0.25) is 0 Å². The highest BCUT2D eigenvalue weighted by Gasteiger charge is 2.37. The first-order valence-electron chi connectivity index (χ1n) is 48.1. The van der Waals surface area contributed by atoms with Gasteiger partial charge in [-0.15, -0.1) is 0 Å². The molecule has 0 saturated heterocycles. The van der Waals surface area contributed by atoms with Crippen LogP contribution in [0.2, 0.25) is 0 Å². The molecule has 0 aromatic heterocycles. The Morgan fingerprint density at radius 1 is 0.224 bits per heavy atom. The van der Waals surface area contributed by atoms with E-state index in [9.17, 15) is 40.9 Å². The van der Waals surface area contributed by atoms with Crippen LogP contribution in [0.3, 0.4) is 0 Å². The van der Waals surface area contributed by atoms with Crippen molar-refractivity contribution in [1.82, 2.24) is 0 Å². The fraction of sp³-hybridized carbons (Fsp3) is 1.00. The van der Waals surface area contributed by atoms with E-state index in [1.54, 1.807) is 0 Å². The summed E-state index contributed by atoms with van der Waals surface area (Å²) in [5.41, 5.74) is 0. The zero-order valence-corrected chi connectivity index (χ0v) is 76.5. The van der Waals surface area contributed by atoms with Gasteiger partial charge in [0.15, 0.2) is 0 Å². The van der Waals surface area contributed by atoms with E-state index in [-0.39, 0.29) is 48.8 Å². The van der Waals surface area contributed by atoms with Gasteiger partial charge in [-0.1, -0.05) is 256 Å². The predicted molar refractivity (Wildman–Crippen MR) is 467 cm³/mol. The average Bonchev–Trinajstić information content (AvgIpc) is 0.868. The topological polar surface area (TPSA) is 162 Å². The first kappa shape index (κ1) is 105. The van der Waals surface area contributed by atoms with Crippen LogP contribution in [0.25, 0.3) is 0 Å². The summed E-state index contributed by atoms with van der Waals surface area (Å²) in [5.74, 6) is 17.9. The third-order valence-electron chi connectivity index (χ3n) is 28.2. The summed E-state index contributed by atoms with van der Waals surface area (Å²) >= 11 is 0. The molecule has 0 bridgehead atoms. The van der Waals surface area contributed by atoms with Crippen LogP contribution in [0.4, 0.5) is 0 Å². The summed E-state index contributed by atoms with van der Waals surface area (Å²) in [5, 5.41) is 78.5. The highest BCUT2D eigenvalue weighted by atomic mass is 16.3. The minimum absolute atomic E-state index is 0.00152. The van der Waals surface area contributed by atoms with Gasteiger partial charge < -0.3 is 40.9 Å². The summed E-state index contributed by atoms with van der Waals surface area (Å²) in [4.78, 5) is 0. The fourth-order valence-electron chi connectivity index (χ4n) is 22.4. The quantitative estimate of drug-likeness (QED) is 0.0403. The lowest BCUT2D eigenvalue weighted by Gasteiger charge is -2.36. The van der Waals surface area contributed by atoms with Gasteiger partial charge in [-0.05, 0) is 328 Å². The van der Waals surface area contributed by atoms with Crippen LogP contribution in [-0.2, 0) is 0 Å². The number of aliphatic hydroxyl groups is 8. The van der Waals surface area contributed by atoms with Gasteiger partial charge in [-0.3, -0.25) is 0 Å². The molecule has 0 radical (unpaired) electrons. The van der Waals surface area contributed by atoms with Crippen LogP contribution < -0.4 is 0 Å². The van der Waals surface area contributed by atoms with Gasteiger partial charge in [0.25, 0.3) is 0 Å². The second kappa shape index (κ2) is 60.2. The minimum atomic E-state index is -0.0229. The van der Waals surface area contributed by atoms with Crippen molar-refractivity contribution in [2.24, 2.45) is 142 Å². The Balaban J connectivity index is 0.000000612. The largest absolute Gasteiger partial charge is 0.393 e. The second-order valence-electron chi connectivity index (χ2n) is 40.9. The maximum Gasteiger partial charge on any atom is 0.0573 e. The van der Waals surface area contributed by atoms with Crippen molar-refractivity contribution in [3.63, 3.8) is 0 Å². The van der Waals surface area contributed by atoms with E-state index < -0.39 is 0 Å². The molecule has 642 valence electrons. The maximum atomic E-state index is 9.98. The molecule has 8 nitrogen and oxygen atoms in total. The van der Waals surface area contributed by atoms with Gasteiger partial charge in [0.05, 0.1) is 48.8 Å². The van der Waals surface area contributed by atoms with Gasteiger partial charge in [0, 0.05) is 0 Å². The van der Waals surface area contributed by atoms with E-state index in [1.165, 1.54) is 205 Å². The van der Waals surface area contributed by atoms with E-state index in [2.05, 4.69) is 166 Å². The molecule has 8 heteroatoms. The molecule has 0 spiro atoms. The highest BCUT2D eigenvalue weighted by Crippen LogP contribution is 2.44. The SMILES string of the molecule is CCCC1C(O)CCCC1CC(C)C.CCCC1CC(CC(C)C)CCC1O.CCCC1CC(O)CC(C(C)C)C1.CCCC1CC(O)CCC1C(C)C.CCCC1CCC(C(C)C)C(O)C1.CCCC1CCC(CC(C)C)CC1O.CCCC1CCC(O)C(C(C)C)C1.CCCC1CCC(O)CC1C(C)C. The van der Waals surface area contributed by atoms with E-state index >= 15 is 0 Å². The van der Waals surface area contributed by atoms with Crippen molar-refractivity contribution in [2.75, 3.05) is 0 Å². The molecule has 0 aromatic carbocycles. The van der Waals surface area contributed by atoms with Crippen LogP contribution >= 0.6 is 0 Å². The van der Waals surface area contributed by atoms with E-state index in [1.807, 2.05) is 0 Å². The van der Waals surface area contributed by atoms with Crippen LogP contribution in [0, 0.1) is 142 Å². The van der Waals surface area contributed by atoms with Crippen molar-refractivity contribution < 1.29 is 40.9 Å². The highest BCUT2D eigenvalue weighted by molar-refractivity contribution is 4.88. The molecule has 0 heterocycles. The number of hydrogen-bond acceptors (Lipinski definition) is 8. The Hall–Kier alpha value is -0.320. The molecule has 24 unspecified atom stereocenters. The van der Waals surface area contributed by atoms with Crippen LogP contribution in [0.1, 0.15) is 442 Å². The summed E-state index contributed by atoms with van der Waals surface area (Å²) in [6.45, 7) is 54.4. The van der Waals surface area contributed by atoms with Crippen molar-refractivity contribution in [1.29, 1.82) is 0 Å². The van der Waals surface area contributed by atoms with Crippen LogP contribution in [0.5, 0.6) is 0 Å². The molecule has 8 aliphatic carbocycles. The first-order chi connectivity index (χ1) is 50.6. The zero-order chi connectivity index (χ0) is 80.9. The van der Waals surface area contributed by atoms with Gasteiger partial charge in [0.1, 0.15) is 0 Å². The molecule has 8 saturated carbocycles. The molecule has 0 amide bonds. The molecular weight excluding hydrogens is 1320 g/mol. The number of hydrogen-bond donors (Lipinski definition) is 8. The molecular formula is C99H198O8. The third kappa shape index (κ3) is 44.6. The third-order valence-corrected chi connectivity index (χ3v) is 28.2. The maximum absolute atomic E-state index is 9.98. The predicted octanol–water partition coefficient (Wildman–Crippen LogP) is 26.9. The Bertz CT molecular complexity index is 2000. The monoisotopic (exact) mass is 1520 g/mol. The Morgan fingerprint density at radius 3 is 1.17 bits per heavy atom. The normalized spacial score (nSPS) is 34.7. The lowest BCUT2D eigenvalue weighted by Crippen LogP contribution is -2.33. The smallest absolute Gasteiger partial charge is 0.0573 e. The molecule has 8 rings (SSSR count). The first-order valence-corrected chi connectivity index (χ1v) is 48.1. The molecule has 0 aliphatic heterocycles. The van der Waals surface area contributed by atoms with Gasteiger partial charge in [-0.25, -0.2) is 0 Å². The Kier molecular flexibility index (Phi) is 58.9. The van der Waals surface area contributed by atoms with Crippen molar-refractivity contribution in [2.45, 2.75) is 491 Å². The van der Waals surface area contributed by atoms with Crippen LogP contribution in [0.15, 0.2) is 0 Å². The minimum Gasteiger partial charge on any atom is -0.393 e. The zero-order valence-electron chi connectivity index (χ0n) is 76.5. The van der Waals surface area contributed by atoms with Crippen LogP contribution in [-0.4, -0.2) is 89.7 Å². The lowest BCUT2D eigenvalue weighted by molar-refractivity contribution is 0.0203. The second-order valence-corrected chi connectivity index (χ2v) is 40.9. The summed E-state index contributed by atoms with van der Waals surface area (Å²) in [7, 11) is 0. The van der Waals surface area contributed by atoms with E-state index in [0.717, 1.165) is 171 Å². The molecule has 8 fully saturated rings. The standard InChI is InChI=1S/3C13H26O.5C12H24O/c1-4-6-12-11(9-10(2)3)7-5-8-13(12)14;1-4-5-12-9-11(8-10(2)3)6-7-13(12)14;1-4-5-12-7-6-11(8-10(2)3)9-13(12)14;1-4-5-10-6-11(9(2)3)8-12(13)7-10;1-4-5-10-8-11(13)6-7-12(10)9(2)3;1-4-5-10-6-7-11(13)8-12(10)9(2)3;1-4-5-10-6-7-12(13)11(8-10)9(2)3;1-4-5-10-6-7-11(9(2)3)12(13)8-10/h3*10-14H,4-9H2,1-3H3;5*9-13H,4-8H2,1-3H3. The van der Waals surface area contributed by atoms with Crippen molar-refractivity contribution >= 4 is 0 Å². The molecule has 8 N–H and O–H groups in total. The lowest BCUT2D eigenvalue weighted by atomic mass is 9.71. The van der Waals surface area contributed by atoms with E-state index in [0.29, 0.717) is 41.4 Å². The van der Waals surface area contributed by atoms with Crippen molar-refractivity contribution in [3.05, 3.63) is 0 Å². The fourth-order valence-corrected chi connectivity index (χ4v) is 22.4. The Labute approximate surface area is 670 Å². The number of aliphatic hydroxyl groups excluding tert-OH is 8. The summed E-state index contributed by atoms with van der Waals surface area (Å²) in [6.07, 6.45) is 52.3. The molecule has 0 aromatic rings. The Morgan fingerprint density at radius 2 is 0.654 bits per heavy atom. The van der Waals surface area contributed by atoms with Gasteiger partial charge >= 0.3 is 0 Å². The van der Waals surface area contributed by atoms with E-state index in [4.69, 9.17) is 0 Å². The molecule has 8 aliphatic rings. The molecule has 107 heavy (non-hydrogen) atoms. The molecule has 24 atom stereocenters. The van der Waals surface area contributed by atoms with Crippen molar-refractivity contribution in [3.8, 4) is 0 Å². The summed E-state index contributed by atoms with van der Waals surface area (Å²) in [6, 6.07) is 0. The number of rotatable bonds is 27. The summed E-state index contributed by atoms with van der Waals surface area (Å²) < 4.78 is 0. The van der Waals surface area contributed by atoms with Gasteiger partial charge in [-0.2, -0.15) is 0 Å². The average molecular weight is 1520 g/mol.